The van der Waals surface area contributed by atoms with Crippen molar-refractivity contribution in [2.75, 3.05) is 0 Å². The highest BCUT2D eigenvalue weighted by molar-refractivity contribution is 5.73. The molecule has 0 saturated heterocycles. The van der Waals surface area contributed by atoms with Gasteiger partial charge >= 0.3 is 6.01 Å². The molecule has 0 unspecified atom stereocenters. The van der Waals surface area contributed by atoms with Crippen molar-refractivity contribution >= 4 is 24.4 Å². The summed E-state index contributed by atoms with van der Waals surface area (Å²) in [6, 6.07) is 9.73. The van der Waals surface area contributed by atoms with Gasteiger partial charge in [0.2, 0.25) is 5.95 Å². The van der Waals surface area contributed by atoms with E-state index in [9.17, 15) is 0 Å². The Hall–Kier alpha value is -3.28. The zero-order chi connectivity index (χ0) is 16.1. The lowest BCUT2D eigenvalue weighted by molar-refractivity contribution is 0.441. The van der Waals surface area contributed by atoms with Gasteiger partial charge in [-0.3, -0.25) is 4.57 Å². The number of para-hydroxylation sites is 1. The molecular weight excluding hydrogens is 290 g/mol. The van der Waals surface area contributed by atoms with Gasteiger partial charge in [-0.05, 0) is 31.3 Å². The highest BCUT2D eigenvalue weighted by Crippen LogP contribution is 2.20. The molecule has 0 fully saturated rings. The molecule has 0 aliphatic carbocycles. The number of allylic oxidation sites excluding steroid dienone is 1. The molecule has 2 aromatic heterocycles. The number of hydrogen-bond donors (Lipinski definition) is 0. The first-order valence-electron chi connectivity index (χ1n) is 6.99. The van der Waals surface area contributed by atoms with E-state index in [1.165, 1.54) is 0 Å². The molecule has 6 heteroatoms. The van der Waals surface area contributed by atoms with E-state index in [1.54, 1.807) is 29.4 Å². The van der Waals surface area contributed by atoms with Crippen molar-refractivity contribution in [2.45, 2.75) is 6.92 Å². The normalized spacial score (nSPS) is 11.3. The standard InChI is InChI=1S/C17H15N5O/c1-13(12-22-9-8-19-16(22)18-2)14-10-20-17(21-11-14)23-15-6-4-3-5-7-15/h3-12H,2H2,1H3/b13-12+. The summed E-state index contributed by atoms with van der Waals surface area (Å²) in [5, 5.41) is 0. The minimum absolute atomic E-state index is 0.309. The summed E-state index contributed by atoms with van der Waals surface area (Å²) in [5.41, 5.74) is 1.85. The first-order chi connectivity index (χ1) is 11.3. The fourth-order valence-corrected chi connectivity index (χ4v) is 1.98. The molecular formula is C17H15N5O. The second-order valence-corrected chi connectivity index (χ2v) is 4.77. The number of imidazole rings is 1. The van der Waals surface area contributed by atoms with Gasteiger partial charge in [-0.2, -0.15) is 0 Å². The van der Waals surface area contributed by atoms with E-state index in [0.717, 1.165) is 11.1 Å². The van der Waals surface area contributed by atoms with Gasteiger partial charge in [0.1, 0.15) is 5.75 Å². The van der Waals surface area contributed by atoms with E-state index in [-0.39, 0.29) is 0 Å². The maximum absolute atomic E-state index is 5.58. The molecule has 0 atom stereocenters. The van der Waals surface area contributed by atoms with Crippen molar-refractivity contribution in [1.82, 2.24) is 19.5 Å². The van der Waals surface area contributed by atoms with Crippen LogP contribution in [0.1, 0.15) is 12.5 Å². The summed E-state index contributed by atoms with van der Waals surface area (Å²) >= 11 is 0. The van der Waals surface area contributed by atoms with Gasteiger partial charge in [0.05, 0.1) is 0 Å². The van der Waals surface area contributed by atoms with Gasteiger partial charge in [0, 0.05) is 36.6 Å². The fourth-order valence-electron chi connectivity index (χ4n) is 1.98. The van der Waals surface area contributed by atoms with Gasteiger partial charge in [-0.1, -0.05) is 18.2 Å². The average Bonchev–Trinajstić information content (AvgIpc) is 3.03. The molecule has 0 aliphatic rings. The van der Waals surface area contributed by atoms with E-state index in [0.29, 0.717) is 17.7 Å². The summed E-state index contributed by atoms with van der Waals surface area (Å²) in [6.07, 6.45) is 8.81. The Kier molecular flexibility index (Phi) is 4.24. The molecule has 2 heterocycles. The zero-order valence-electron chi connectivity index (χ0n) is 12.6. The van der Waals surface area contributed by atoms with Crippen LogP contribution in [0.4, 0.5) is 5.95 Å². The van der Waals surface area contributed by atoms with Gasteiger partial charge in [0.25, 0.3) is 0 Å². The topological polar surface area (TPSA) is 65.2 Å². The summed E-state index contributed by atoms with van der Waals surface area (Å²) in [4.78, 5) is 16.4. The van der Waals surface area contributed by atoms with Crippen LogP contribution in [0.5, 0.6) is 11.8 Å². The lowest BCUT2D eigenvalue weighted by atomic mass is 10.2. The van der Waals surface area contributed by atoms with E-state index < -0.39 is 0 Å². The first-order valence-corrected chi connectivity index (χ1v) is 6.99. The van der Waals surface area contributed by atoms with Crippen molar-refractivity contribution in [3.05, 3.63) is 60.7 Å². The predicted molar refractivity (Wildman–Crippen MR) is 89.8 cm³/mol. The Morgan fingerprint density at radius 1 is 1.17 bits per heavy atom. The molecule has 0 saturated carbocycles. The van der Waals surface area contributed by atoms with Crippen molar-refractivity contribution in [3.63, 3.8) is 0 Å². The molecule has 114 valence electrons. The highest BCUT2D eigenvalue weighted by Gasteiger charge is 2.03. The van der Waals surface area contributed by atoms with E-state index >= 15 is 0 Å². The number of benzene rings is 1. The number of ether oxygens (including phenoxy) is 1. The third kappa shape index (κ3) is 3.49. The lowest BCUT2D eigenvalue weighted by Gasteiger charge is -2.05. The van der Waals surface area contributed by atoms with Crippen LogP contribution in [0.2, 0.25) is 0 Å². The van der Waals surface area contributed by atoms with Crippen molar-refractivity contribution in [3.8, 4) is 11.8 Å². The van der Waals surface area contributed by atoms with Crippen LogP contribution in [0, 0.1) is 0 Å². The Morgan fingerprint density at radius 2 is 1.91 bits per heavy atom. The lowest BCUT2D eigenvalue weighted by Crippen LogP contribution is -1.93. The van der Waals surface area contributed by atoms with E-state index in [4.69, 9.17) is 4.74 Å². The molecule has 0 aliphatic heterocycles. The van der Waals surface area contributed by atoms with Crippen LogP contribution in [0.25, 0.3) is 11.8 Å². The van der Waals surface area contributed by atoms with Crippen LogP contribution >= 0.6 is 0 Å². The van der Waals surface area contributed by atoms with Gasteiger partial charge < -0.3 is 4.74 Å². The summed E-state index contributed by atoms with van der Waals surface area (Å²) in [6.45, 7) is 5.45. The third-order valence-electron chi connectivity index (χ3n) is 3.16. The second-order valence-electron chi connectivity index (χ2n) is 4.77. The molecule has 0 amide bonds. The second kappa shape index (κ2) is 6.65. The third-order valence-corrected chi connectivity index (χ3v) is 3.16. The van der Waals surface area contributed by atoms with Gasteiger partial charge in [-0.25, -0.2) is 19.9 Å². The fraction of sp³-hybridized carbons (Fsp3) is 0.0588. The van der Waals surface area contributed by atoms with Crippen LogP contribution in [0.15, 0.2) is 60.1 Å². The summed E-state index contributed by atoms with van der Waals surface area (Å²) < 4.78 is 7.36. The molecule has 0 bridgehead atoms. The number of rotatable bonds is 5. The Balaban J connectivity index is 1.77. The maximum atomic E-state index is 5.58. The number of aliphatic imine (C=N–C) groups is 1. The van der Waals surface area contributed by atoms with E-state index in [2.05, 4.69) is 26.7 Å². The largest absolute Gasteiger partial charge is 0.424 e. The minimum atomic E-state index is 0.309. The van der Waals surface area contributed by atoms with Crippen LogP contribution < -0.4 is 4.74 Å². The van der Waals surface area contributed by atoms with Crippen LogP contribution in [-0.2, 0) is 0 Å². The minimum Gasteiger partial charge on any atom is -0.424 e. The molecule has 0 spiro atoms. The number of hydrogen-bond acceptors (Lipinski definition) is 5. The van der Waals surface area contributed by atoms with Crippen molar-refractivity contribution < 1.29 is 4.74 Å². The molecule has 3 rings (SSSR count). The zero-order valence-corrected chi connectivity index (χ0v) is 12.6. The maximum Gasteiger partial charge on any atom is 0.321 e. The van der Waals surface area contributed by atoms with Crippen LogP contribution in [0.3, 0.4) is 0 Å². The highest BCUT2D eigenvalue weighted by atomic mass is 16.5. The monoisotopic (exact) mass is 305 g/mol. The number of aromatic nitrogens is 4. The number of nitrogens with zero attached hydrogens (tertiary/aromatic N) is 5. The Bertz CT molecular complexity index is 822. The van der Waals surface area contributed by atoms with Gasteiger partial charge in [0.15, 0.2) is 0 Å². The molecule has 23 heavy (non-hydrogen) atoms. The van der Waals surface area contributed by atoms with Crippen molar-refractivity contribution in [1.29, 1.82) is 0 Å². The van der Waals surface area contributed by atoms with Gasteiger partial charge in [-0.15, -0.1) is 0 Å². The average molecular weight is 305 g/mol. The smallest absolute Gasteiger partial charge is 0.321 e. The van der Waals surface area contributed by atoms with Crippen LogP contribution in [-0.4, -0.2) is 26.2 Å². The Labute approximate surface area is 133 Å². The molecule has 3 aromatic rings. The molecule has 0 radical (unpaired) electrons. The quantitative estimate of drug-likeness (QED) is 0.672. The molecule has 0 N–H and O–H groups in total. The SMILES string of the molecule is C=Nc1nccn1/C=C(\C)c1cnc(Oc2ccccc2)nc1. The molecule has 1 aromatic carbocycles. The molecule has 6 nitrogen and oxygen atoms in total. The van der Waals surface area contributed by atoms with E-state index in [1.807, 2.05) is 43.5 Å². The first kappa shape index (κ1) is 14.6. The summed E-state index contributed by atoms with van der Waals surface area (Å²) in [5.74, 6) is 1.24. The Morgan fingerprint density at radius 3 is 2.61 bits per heavy atom. The van der Waals surface area contributed by atoms with Crippen molar-refractivity contribution in [2.24, 2.45) is 4.99 Å². The predicted octanol–water partition coefficient (Wildman–Crippen LogP) is 3.82. The summed E-state index contributed by atoms with van der Waals surface area (Å²) in [7, 11) is 0.